The fraction of sp³-hybridized carbons (Fsp3) is 0.423. The molecule has 2 atom stereocenters. The molecule has 2 heterocycles. The van der Waals surface area contributed by atoms with Gasteiger partial charge in [0.1, 0.15) is 11.5 Å². The van der Waals surface area contributed by atoms with Gasteiger partial charge >= 0.3 is 0 Å². The minimum Gasteiger partial charge on any atom is -0.507 e. The summed E-state index contributed by atoms with van der Waals surface area (Å²) in [4.78, 5) is 15.4. The number of fused-ring (bicyclic) bond motifs is 1. The number of aromatic hydroxyl groups is 1. The van der Waals surface area contributed by atoms with Crippen LogP contribution in [0.15, 0.2) is 30.0 Å². The molecule has 0 amide bonds. The summed E-state index contributed by atoms with van der Waals surface area (Å²) in [5, 5.41) is 10.6. The number of Topliss-reactive ketones (excluding diaryl/α,β-unsaturated/α-hetero) is 1. The van der Waals surface area contributed by atoms with Gasteiger partial charge in [0.2, 0.25) is 11.5 Å². The van der Waals surface area contributed by atoms with E-state index in [2.05, 4.69) is 18.7 Å². The smallest absolute Gasteiger partial charge is 0.231 e. The van der Waals surface area contributed by atoms with E-state index in [1.165, 1.54) is 13.5 Å². The van der Waals surface area contributed by atoms with Crippen molar-refractivity contribution in [1.82, 2.24) is 4.90 Å². The van der Waals surface area contributed by atoms with Crippen molar-refractivity contribution in [2.75, 3.05) is 34.4 Å². The Morgan fingerprint density at radius 1 is 1.06 bits per heavy atom. The van der Waals surface area contributed by atoms with Crippen molar-refractivity contribution in [2.45, 2.75) is 26.8 Å². The van der Waals surface area contributed by atoms with Crippen molar-refractivity contribution in [3.8, 4) is 28.7 Å². The topological polar surface area (TPSA) is 77.5 Å². The van der Waals surface area contributed by atoms with Crippen LogP contribution < -0.4 is 18.9 Å². The summed E-state index contributed by atoms with van der Waals surface area (Å²) >= 11 is 0. The Labute approximate surface area is 194 Å². The number of ether oxygens (including phenoxy) is 4. The zero-order valence-corrected chi connectivity index (χ0v) is 19.8. The maximum atomic E-state index is 13.1. The highest BCUT2D eigenvalue weighted by Crippen LogP contribution is 2.42. The first-order chi connectivity index (χ1) is 15.8. The van der Waals surface area contributed by atoms with Gasteiger partial charge in [-0.15, -0.1) is 0 Å². The van der Waals surface area contributed by atoms with E-state index < -0.39 is 0 Å². The van der Waals surface area contributed by atoms with E-state index in [1.807, 2.05) is 0 Å². The molecule has 1 saturated heterocycles. The van der Waals surface area contributed by atoms with Crippen LogP contribution in [0.2, 0.25) is 0 Å². The van der Waals surface area contributed by atoms with Gasteiger partial charge in [-0.3, -0.25) is 9.69 Å². The van der Waals surface area contributed by atoms with Crippen LogP contribution in [0.5, 0.6) is 28.7 Å². The number of allylic oxidation sites excluding steroid dienone is 1. The van der Waals surface area contributed by atoms with E-state index >= 15 is 0 Å². The Kier molecular flexibility index (Phi) is 6.51. The summed E-state index contributed by atoms with van der Waals surface area (Å²) in [6, 6.07) is 6.70. The maximum absolute atomic E-state index is 13.1. The Morgan fingerprint density at radius 3 is 2.27 bits per heavy atom. The van der Waals surface area contributed by atoms with Gasteiger partial charge in [-0.25, -0.2) is 0 Å². The number of likely N-dealkylation sites (tertiary alicyclic amines) is 1. The number of carbonyl (C=O) groups is 1. The number of phenols is 1. The van der Waals surface area contributed by atoms with Gasteiger partial charge in [-0.1, -0.05) is 13.8 Å². The first-order valence-corrected chi connectivity index (χ1v) is 11.2. The van der Waals surface area contributed by atoms with Gasteiger partial charge in [-0.05, 0) is 54.2 Å². The van der Waals surface area contributed by atoms with Crippen molar-refractivity contribution >= 4 is 11.9 Å². The maximum Gasteiger partial charge on any atom is 0.231 e. The van der Waals surface area contributed by atoms with Crippen LogP contribution in [0.1, 0.15) is 41.8 Å². The fourth-order valence-corrected chi connectivity index (χ4v) is 4.93. The Hall–Kier alpha value is -3.19. The first kappa shape index (κ1) is 23.0. The molecular formula is C26H31NO6. The number of nitrogens with zero attached hydrogens (tertiary/aromatic N) is 1. The Balaban J connectivity index is 1.66. The second kappa shape index (κ2) is 9.35. The number of hydrogen-bond donors (Lipinski definition) is 1. The molecule has 2 aromatic carbocycles. The largest absolute Gasteiger partial charge is 0.507 e. The van der Waals surface area contributed by atoms with E-state index in [-0.39, 0.29) is 17.3 Å². The molecule has 2 aliphatic rings. The highest BCUT2D eigenvalue weighted by Gasteiger charge is 2.33. The predicted molar refractivity (Wildman–Crippen MR) is 125 cm³/mol. The minimum absolute atomic E-state index is 0.140. The lowest BCUT2D eigenvalue weighted by Crippen LogP contribution is -2.38. The number of benzene rings is 2. The molecule has 2 aliphatic heterocycles. The number of rotatable bonds is 6. The van der Waals surface area contributed by atoms with Crippen LogP contribution in [0, 0.1) is 11.8 Å². The van der Waals surface area contributed by atoms with Crippen LogP contribution in [-0.2, 0) is 6.54 Å². The SMILES string of the molecule is COc1cc(C=C2Oc3c(ccc(O)c3CN3CC(C)CC(C)C3)C2=O)cc(OC)c1OC. The van der Waals surface area contributed by atoms with Gasteiger partial charge in [0.25, 0.3) is 0 Å². The Bertz CT molecular complexity index is 1060. The number of hydrogen-bond acceptors (Lipinski definition) is 7. The summed E-state index contributed by atoms with van der Waals surface area (Å²) in [7, 11) is 4.62. The third-order valence-corrected chi connectivity index (χ3v) is 6.23. The molecular weight excluding hydrogens is 422 g/mol. The molecule has 2 unspecified atom stereocenters. The van der Waals surface area contributed by atoms with Crippen molar-refractivity contribution in [3.63, 3.8) is 0 Å². The molecule has 33 heavy (non-hydrogen) atoms. The van der Waals surface area contributed by atoms with Crippen molar-refractivity contribution < 1.29 is 28.8 Å². The fourth-order valence-electron chi connectivity index (χ4n) is 4.93. The van der Waals surface area contributed by atoms with E-state index in [0.29, 0.717) is 58.1 Å². The van der Waals surface area contributed by atoms with Gasteiger partial charge < -0.3 is 24.1 Å². The van der Waals surface area contributed by atoms with Crippen molar-refractivity contribution in [3.05, 3.63) is 46.7 Å². The molecule has 0 aromatic heterocycles. The normalized spacial score (nSPS) is 21.6. The van der Waals surface area contributed by atoms with Crippen LogP contribution >= 0.6 is 0 Å². The molecule has 0 aliphatic carbocycles. The molecule has 1 fully saturated rings. The molecule has 2 aromatic rings. The van der Waals surface area contributed by atoms with Gasteiger partial charge in [0, 0.05) is 19.6 Å². The minimum atomic E-state index is -0.222. The van der Waals surface area contributed by atoms with Crippen LogP contribution in [-0.4, -0.2) is 50.2 Å². The number of carbonyl (C=O) groups excluding carboxylic acids is 1. The molecule has 0 spiro atoms. The summed E-state index contributed by atoms with van der Waals surface area (Å²) in [6.45, 7) is 6.94. The first-order valence-electron chi connectivity index (χ1n) is 11.2. The van der Waals surface area contributed by atoms with Crippen molar-refractivity contribution in [2.24, 2.45) is 11.8 Å². The van der Waals surface area contributed by atoms with E-state index in [0.717, 1.165) is 13.1 Å². The summed E-state index contributed by atoms with van der Waals surface area (Å²) < 4.78 is 22.2. The number of phenolic OH excluding ortho intramolecular Hbond substituents is 1. The number of methoxy groups -OCH3 is 3. The molecule has 0 saturated carbocycles. The molecule has 0 radical (unpaired) electrons. The monoisotopic (exact) mass is 453 g/mol. The van der Waals surface area contributed by atoms with Crippen LogP contribution in [0.3, 0.4) is 0 Å². The van der Waals surface area contributed by atoms with Crippen LogP contribution in [0.25, 0.3) is 6.08 Å². The summed E-state index contributed by atoms with van der Waals surface area (Å²) in [5.74, 6) is 3.16. The van der Waals surface area contributed by atoms with Gasteiger partial charge in [0.05, 0.1) is 32.5 Å². The highest BCUT2D eigenvalue weighted by atomic mass is 16.5. The zero-order valence-electron chi connectivity index (χ0n) is 19.8. The van der Waals surface area contributed by atoms with E-state index in [9.17, 15) is 9.90 Å². The number of piperidine rings is 1. The van der Waals surface area contributed by atoms with Gasteiger partial charge in [0.15, 0.2) is 17.3 Å². The second-order valence-corrected chi connectivity index (χ2v) is 8.98. The summed E-state index contributed by atoms with van der Waals surface area (Å²) in [5.41, 5.74) is 1.78. The second-order valence-electron chi connectivity index (χ2n) is 8.98. The van der Waals surface area contributed by atoms with Crippen LogP contribution in [0.4, 0.5) is 0 Å². The molecule has 4 rings (SSSR count). The average molecular weight is 454 g/mol. The Morgan fingerprint density at radius 2 is 1.70 bits per heavy atom. The van der Waals surface area contributed by atoms with Gasteiger partial charge in [-0.2, -0.15) is 0 Å². The summed E-state index contributed by atoms with van der Waals surface area (Å²) in [6.07, 6.45) is 2.85. The standard InChI is InChI=1S/C26H31NO6/c1-15-8-16(2)13-27(12-15)14-19-20(28)7-6-18-24(29)21(33-25(18)19)9-17-10-22(30-3)26(32-5)23(11-17)31-4/h6-7,9-11,15-16,28H,8,12-14H2,1-5H3. The molecule has 7 nitrogen and oxygen atoms in total. The molecule has 1 N–H and O–H groups in total. The van der Waals surface area contributed by atoms with E-state index in [4.69, 9.17) is 18.9 Å². The molecule has 0 bridgehead atoms. The predicted octanol–water partition coefficient (Wildman–Crippen LogP) is 4.51. The third kappa shape index (κ3) is 4.50. The van der Waals surface area contributed by atoms with Crippen molar-refractivity contribution in [1.29, 1.82) is 0 Å². The van der Waals surface area contributed by atoms with E-state index in [1.54, 1.807) is 44.6 Å². The zero-order chi connectivity index (χ0) is 23.7. The third-order valence-electron chi connectivity index (χ3n) is 6.23. The lowest BCUT2D eigenvalue weighted by molar-refractivity contribution is 0.101. The quantitative estimate of drug-likeness (QED) is 0.645. The molecule has 176 valence electrons. The number of ketones is 1. The lowest BCUT2D eigenvalue weighted by atomic mass is 9.91. The average Bonchev–Trinajstić information content (AvgIpc) is 3.09. The lowest BCUT2D eigenvalue weighted by Gasteiger charge is -2.35. The molecule has 7 heteroatoms. The highest BCUT2D eigenvalue weighted by molar-refractivity contribution is 6.15.